The first-order valence-electron chi connectivity index (χ1n) is 12.5. The molecular weight excluding hydrogens is 410 g/mol. The van der Waals surface area contributed by atoms with Crippen LogP contribution < -0.4 is 10.1 Å². The fourth-order valence-electron chi connectivity index (χ4n) is 4.88. The molecule has 2 aromatic carbocycles. The summed E-state index contributed by atoms with van der Waals surface area (Å²) in [6.45, 7) is 5.73. The molecule has 4 rings (SSSR count). The minimum Gasteiger partial charge on any atom is -0.483 e. The molecule has 1 aliphatic carbocycles. The molecule has 5 nitrogen and oxygen atoms in total. The van der Waals surface area contributed by atoms with Crippen LogP contribution in [0.25, 0.3) is 11.0 Å². The highest BCUT2D eigenvalue weighted by Crippen LogP contribution is 2.28. The molecule has 0 spiro atoms. The Kier molecular flexibility index (Phi) is 8.03. The molecule has 0 radical (unpaired) electrons. The van der Waals surface area contributed by atoms with E-state index in [0.717, 1.165) is 53.5 Å². The van der Waals surface area contributed by atoms with E-state index in [1.54, 1.807) is 0 Å². The second kappa shape index (κ2) is 11.4. The molecule has 1 aromatic heterocycles. The van der Waals surface area contributed by atoms with Gasteiger partial charge in [0, 0.05) is 19.5 Å². The van der Waals surface area contributed by atoms with Crippen molar-refractivity contribution in [2.24, 2.45) is 5.92 Å². The molecule has 0 saturated heterocycles. The first kappa shape index (κ1) is 23.3. The number of hydrogen-bond acceptors (Lipinski definition) is 3. The van der Waals surface area contributed by atoms with Crippen molar-refractivity contribution in [2.75, 3.05) is 13.2 Å². The Balaban J connectivity index is 1.27. The van der Waals surface area contributed by atoms with Crippen LogP contribution >= 0.6 is 0 Å². The van der Waals surface area contributed by atoms with E-state index < -0.39 is 0 Å². The number of imidazole rings is 1. The smallest absolute Gasteiger partial charge is 0.257 e. The molecule has 0 bridgehead atoms. The van der Waals surface area contributed by atoms with E-state index in [1.165, 1.54) is 44.0 Å². The normalized spacial score (nSPS) is 14.5. The SMILES string of the molecule is Cc1ccc(C)c(OCC(=O)NCCCc2nc3ccccc3n2CCC2CCCCC2)c1. The van der Waals surface area contributed by atoms with Gasteiger partial charge in [-0.25, -0.2) is 4.98 Å². The van der Waals surface area contributed by atoms with Crippen molar-refractivity contribution in [3.05, 3.63) is 59.4 Å². The third kappa shape index (κ3) is 6.37. The molecule has 1 heterocycles. The summed E-state index contributed by atoms with van der Waals surface area (Å²) in [7, 11) is 0. The maximum Gasteiger partial charge on any atom is 0.257 e. The first-order chi connectivity index (χ1) is 16.1. The molecule has 1 saturated carbocycles. The summed E-state index contributed by atoms with van der Waals surface area (Å²) in [4.78, 5) is 17.2. The average molecular weight is 448 g/mol. The molecule has 1 N–H and O–H groups in total. The van der Waals surface area contributed by atoms with Crippen molar-refractivity contribution < 1.29 is 9.53 Å². The van der Waals surface area contributed by atoms with Gasteiger partial charge >= 0.3 is 0 Å². The van der Waals surface area contributed by atoms with Crippen LogP contribution in [0, 0.1) is 19.8 Å². The van der Waals surface area contributed by atoms with Gasteiger partial charge in [-0.1, -0.05) is 56.4 Å². The predicted molar refractivity (Wildman–Crippen MR) is 134 cm³/mol. The lowest BCUT2D eigenvalue weighted by Gasteiger charge is -2.22. The number of carbonyl (C=O) groups excluding carboxylic acids is 1. The number of para-hydroxylation sites is 2. The van der Waals surface area contributed by atoms with Crippen molar-refractivity contribution in [3.63, 3.8) is 0 Å². The largest absolute Gasteiger partial charge is 0.483 e. The number of rotatable bonds is 10. The van der Waals surface area contributed by atoms with Gasteiger partial charge in [-0.3, -0.25) is 4.79 Å². The van der Waals surface area contributed by atoms with Crippen molar-refractivity contribution in [3.8, 4) is 5.75 Å². The zero-order valence-corrected chi connectivity index (χ0v) is 20.1. The second-order valence-corrected chi connectivity index (χ2v) is 9.47. The van der Waals surface area contributed by atoms with Gasteiger partial charge in [0.1, 0.15) is 11.6 Å². The van der Waals surface area contributed by atoms with Crippen LogP contribution in [-0.4, -0.2) is 28.6 Å². The Morgan fingerprint density at radius 1 is 1.12 bits per heavy atom. The number of aryl methyl sites for hydroxylation is 4. The summed E-state index contributed by atoms with van der Waals surface area (Å²) in [6.07, 6.45) is 9.87. The summed E-state index contributed by atoms with van der Waals surface area (Å²) < 4.78 is 8.13. The Morgan fingerprint density at radius 3 is 2.79 bits per heavy atom. The fourth-order valence-corrected chi connectivity index (χ4v) is 4.88. The van der Waals surface area contributed by atoms with Crippen LogP contribution in [0.1, 0.15) is 61.9 Å². The quantitative estimate of drug-likeness (QED) is 0.403. The van der Waals surface area contributed by atoms with Gasteiger partial charge in [-0.2, -0.15) is 0 Å². The van der Waals surface area contributed by atoms with Crippen LogP contribution in [0.3, 0.4) is 0 Å². The fraction of sp³-hybridized carbons (Fsp3) is 0.500. The maximum atomic E-state index is 12.3. The summed E-state index contributed by atoms with van der Waals surface area (Å²) >= 11 is 0. The van der Waals surface area contributed by atoms with Gasteiger partial charge in [0.2, 0.25) is 0 Å². The zero-order chi connectivity index (χ0) is 23.0. The van der Waals surface area contributed by atoms with Crippen LogP contribution in [0.2, 0.25) is 0 Å². The van der Waals surface area contributed by atoms with E-state index in [1.807, 2.05) is 32.0 Å². The summed E-state index contributed by atoms with van der Waals surface area (Å²) in [5.41, 5.74) is 4.47. The molecule has 33 heavy (non-hydrogen) atoms. The van der Waals surface area contributed by atoms with Gasteiger partial charge in [0.25, 0.3) is 5.91 Å². The van der Waals surface area contributed by atoms with Crippen molar-refractivity contribution >= 4 is 16.9 Å². The van der Waals surface area contributed by atoms with Crippen molar-refractivity contribution in [1.82, 2.24) is 14.9 Å². The molecule has 1 amide bonds. The second-order valence-electron chi connectivity index (χ2n) is 9.47. The lowest BCUT2D eigenvalue weighted by molar-refractivity contribution is -0.123. The zero-order valence-electron chi connectivity index (χ0n) is 20.1. The number of benzene rings is 2. The minimum absolute atomic E-state index is 0.0458. The van der Waals surface area contributed by atoms with Gasteiger partial charge in [-0.05, 0) is 61.9 Å². The van der Waals surface area contributed by atoms with Gasteiger partial charge in [0.15, 0.2) is 6.61 Å². The molecule has 5 heteroatoms. The van der Waals surface area contributed by atoms with E-state index in [9.17, 15) is 4.79 Å². The number of aromatic nitrogens is 2. The minimum atomic E-state index is -0.0818. The van der Waals surface area contributed by atoms with Crippen LogP contribution in [0.5, 0.6) is 5.75 Å². The number of fused-ring (bicyclic) bond motifs is 1. The number of hydrogen-bond donors (Lipinski definition) is 1. The number of ether oxygens (including phenoxy) is 1. The summed E-state index contributed by atoms with van der Waals surface area (Å²) in [6, 6.07) is 14.5. The molecule has 0 aliphatic heterocycles. The highest BCUT2D eigenvalue weighted by atomic mass is 16.5. The van der Waals surface area contributed by atoms with Gasteiger partial charge < -0.3 is 14.6 Å². The first-order valence-corrected chi connectivity index (χ1v) is 12.5. The number of carbonyl (C=O) groups is 1. The van der Waals surface area contributed by atoms with Gasteiger partial charge in [-0.15, -0.1) is 0 Å². The molecule has 1 aliphatic rings. The van der Waals surface area contributed by atoms with E-state index in [-0.39, 0.29) is 12.5 Å². The van der Waals surface area contributed by atoms with E-state index in [0.29, 0.717) is 6.54 Å². The van der Waals surface area contributed by atoms with Gasteiger partial charge in [0.05, 0.1) is 11.0 Å². The van der Waals surface area contributed by atoms with E-state index in [4.69, 9.17) is 9.72 Å². The lowest BCUT2D eigenvalue weighted by atomic mass is 9.87. The molecule has 3 aromatic rings. The molecular formula is C28H37N3O2. The van der Waals surface area contributed by atoms with Crippen molar-refractivity contribution in [2.45, 2.75) is 71.8 Å². The molecule has 176 valence electrons. The van der Waals surface area contributed by atoms with Crippen LogP contribution in [0.15, 0.2) is 42.5 Å². The Bertz CT molecular complexity index is 1070. The van der Waals surface area contributed by atoms with Crippen LogP contribution in [0.4, 0.5) is 0 Å². The third-order valence-electron chi connectivity index (χ3n) is 6.82. The summed E-state index contributed by atoms with van der Waals surface area (Å²) in [5, 5.41) is 2.99. The van der Waals surface area contributed by atoms with Crippen LogP contribution in [-0.2, 0) is 17.8 Å². The van der Waals surface area contributed by atoms with E-state index >= 15 is 0 Å². The standard InChI is InChI=1S/C28H37N3O2/c1-21-14-15-22(2)26(19-21)33-20-28(32)29-17-8-13-27-30-24-11-6-7-12-25(24)31(27)18-16-23-9-4-3-5-10-23/h6-7,11-12,14-15,19,23H,3-5,8-10,13,16-18,20H2,1-2H3,(H,29,32). The number of nitrogens with one attached hydrogen (secondary N) is 1. The third-order valence-corrected chi connectivity index (χ3v) is 6.82. The predicted octanol–water partition coefficient (Wildman–Crippen LogP) is 5.75. The highest BCUT2D eigenvalue weighted by Gasteiger charge is 2.16. The molecule has 1 fully saturated rings. The average Bonchev–Trinajstić information content (AvgIpc) is 3.19. The topological polar surface area (TPSA) is 56.1 Å². The van der Waals surface area contributed by atoms with E-state index in [2.05, 4.69) is 34.1 Å². The Morgan fingerprint density at radius 2 is 1.94 bits per heavy atom. The molecule has 0 unspecified atom stereocenters. The molecule has 0 atom stereocenters. The monoisotopic (exact) mass is 447 g/mol. The Labute approximate surface area is 197 Å². The highest BCUT2D eigenvalue weighted by molar-refractivity contribution is 5.77. The Hall–Kier alpha value is -2.82. The number of amides is 1. The maximum absolute atomic E-state index is 12.3. The lowest BCUT2D eigenvalue weighted by Crippen LogP contribution is -2.30. The number of nitrogens with zero attached hydrogens (tertiary/aromatic N) is 2. The van der Waals surface area contributed by atoms with Crippen molar-refractivity contribution in [1.29, 1.82) is 0 Å². The summed E-state index contributed by atoms with van der Waals surface area (Å²) in [5.74, 6) is 2.68.